The predicted molar refractivity (Wildman–Crippen MR) is 94.0 cm³/mol. The molecule has 1 N–H and O–H groups in total. The fourth-order valence-electron chi connectivity index (χ4n) is 2.14. The lowest BCUT2D eigenvalue weighted by Gasteiger charge is -2.19. The van der Waals surface area contributed by atoms with E-state index in [9.17, 15) is 9.59 Å². The Morgan fingerprint density at radius 3 is 2.25 bits per heavy atom. The van der Waals surface area contributed by atoms with E-state index in [1.807, 2.05) is 39.0 Å². The zero-order valence-corrected chi connectivity index (χ0v) is 15.0. The first-order valence-corrected chi connectivity index (χ1v) is 8.59. The Morgan fingerprint density at radius 1 is 0.958 bits per heavy atom. The topological polar surface area (TPSA) is 64.6 Å². The van der Waals surface area contributed by atoms with Crippen LogP contribution < -0.4 is 10.1 Å². The summed E-state index contributed by atoms with van der Waals surface area (Å²) in [5, 5.41) is 2.73. The van der Waals surface area contributed by atoms with E-state index >= 15 is 0 Å². The lowest BCUT2D eigenvalue weighted by Crippen LogP contribution is -2.27. The van der Waals surface area contributed by atoms with Crippen LogP contribution in [0.5, 0.6) is 5.75 Å². The molecule has 0 aromatic heterocycles. The third kappa shape index (κ3) is 10.6. The molecule has 0 saturated carbocycles. The lowest BCUT2D eigenvalue weighted by atomic mass is 10.1. The number of amides is 1. The number of esters is 1. The number of hydrogen-bond donors (Lipinski definition) is 1. The third-order valence-electron chi connectivity index (χ3n) is 3.20. The molecule has 0 aliphatic carbocycles. The lowest BCUT2D eigenvalue weighted by molar-refractivity contribution is -0.154. The zero-order chi connectivity index (χ0) is 17.8. The molecule has 1 rings (SSSR count). The summed E-state index contributed by atoms with van der Waals surface area (Å²) in [4.78, 5) is 23.1. The van der Waals surface area contributed by atoms with E-state index in [0.29, 0.717) is 18.7 Å². The van der Waals surface area contributed by atoms with Crippen LogP contribution in [0.1, 0.15) is 59.3 Å². The molecule has 0 heterocycles. The molecule has 24 heavy (non-hydrogen) atoms. The van der Waals surface area contributed by atoms with Crippen molar-refractivity contribution in [3.8, 4) is 5.75 Å². The molecule has 0 atom stereocenters. The van der Waals surface area contributed by atoms with E-state index in [4.69, 9.17) is 9.47 Å². The van der Waals surface area contributed by atoms with Crippen LogP contribution in [-0.2, 0) is 9.53 Å². The van der Waals surface area contributed by atoms with Crippen LogP contribution in [0.3, 0.4) is 0 Å². The summed E-state index contributed by atoms with van der Waals surface area (Å²) >= 11 is 0. The minimum absolute atomic E-state index is 0.132. The fraction of sp³-hybridized carbons (Fsp3) is 0.579. The molecule has 0 spiro atoms. The Bertz CT molecular complexity index is 494. The number of unbranched alkanes of at least 4 members (excludes halogenated alkanes) is 4. The monoisotopic (exact) mass is 335 g/mol. The van der Waals surface area contributed by atoms with Crippen molar-refractivity contribution >= 4 is 12.1 Å². The van der Waals surface area contributed by atoms with Crippen molar-refractivity contribution < 1.29 is 19.1 Å². The molecule has 0 fully saturated rings. The van der Waals surface area contributed by atoms with E-state index in [-0.39, 0.29) is 5.97 Å². The number of hydrogen-bond acceptors (Lipinski definition) is 4. The highest BCUT2D eigenvalue weighted by molar-refractivity contribution is 5.70. The second kappa shape index (κ2) is 10.7. The number of ether oxygens (including phenoxy) is 2. The van der Waals surface area contributed by atoms with Gasteiger partial charge in [0.2, 0.25) is 0 Å². The van der Waals surface area contributed by atoms with Gasteiger partial charge in [-0.25, -0.2) is 4.79 Å². The van der Waals surface area contributed by atoms with Crippen molar-refractivity contribution in [2.24, 2.45) is 0 Å². The van der Waals surface area contributed by atoms with Gasteiger partial charge < -0.3 is 14.8 Å². The molecule has 0 aliphatic heterocycles. The van der Waals surface area contributed by atoms with Crippen LogP contribution >= 0.6 is 0 Å². The Hall–Kier alpha value is -2.04. The van der Waals surface area contributed by atoms with Gasteiger partial charge in [-0.15, -0.1) is 0 Å². The van der Waals surface area contributed by atoms with Gasteiger partial charge in [-0.1, -0.05) is 37.5 Å². The van der Waals surface area contributed by atoms with Gasteiger partial charge in [-0.05, 0) is 45.7 Å². The first kappa shape index (κ1) is 20.0. The van der Waals surface area contributed by atoms with E-state index in [1.165, 1.54) is 0 Å². The fourth-order valence-corrected chi connectivity index (χ4v) is 2.14. The van der Waals surface area contributed by atoms with Crippen LogP contribution in [0, 0.1) is 0 Å². The Balaban J connectivity index is 1.95. The predicted octanol–water partition coefficient (Wildman–Crippen LogP) is 4.46. The summed E-state index contributed by atoms with van der Waals surface area (Å²) in [7, 11) is 0. The van der Waals surface area contributed by atoms with Crippen LogP contribution in [0.4, 0.5) is 4.79 Å². The average molecular weight is 335 g/mol. The SMILES string of the molecule is CC(C)(C)OC(=O)CCCCCCCNC(=O)Oc1ccccc1. The number of rotatable bonds is 9. The smallest absolute Gasteiger partial charge is 0.412 e. The molecular weight excluding hydrogens is 306 g/mol. The van der Waals surface area contributed by atoms with Crippen molar-refractivity contribution in [2.75, 3.05) is 6.54 Å². The van der Waals surface area contributed by atoms with Gasteiger partial charge in [0.25, 0.3) is 0 Å². The largest absolute Gasteiger partial charge is 0.460 e. The molecule has 5 nitrogen and oxygen atoms in total. The zero-order valence-electron chi connectivity index (χ0n) is 15.0. The second-order valence-electron chi connectivity index (χ2n) is 6.73. The third-order valence-corrected chi connectivity index (χ3v) is 3.20. The summed E-state index contributed by atoms with van der Waals surface area (Å²) < 4.78 is 10.4. The van der Waals surface area contributed by atoms with Crippen molar-refractivity contribution in [3.63, 3.8) is 0 Å². The van der Waals surface area contributed by atoms with Gasteiger partial charge in [-0.3, -0.25) is 4.79 Å². The molecule has 0 unspecified atom stereocenters. The van der Waals surface area contributed by atoms with Crippen molar-refractivity contribution in [1.82, 2.24) is 5.32 Å². The minimum Gasteiger partial charge on any atom is -0.460 e. The summed E-state index contributed by atoms with van der Waals surface area (Å²) in [5.74, 6) is 0.407. The molecule has 1 aromatic rings. The van der Waals surface area contributed by atoms with Gasteiger partial charge in [0.05, 0.1) is 0 Å². The van der Waals surface area contributed by atoms with Crippen molar-refractivity contribution in [3.05, 3.63) is 30.3 Å². The van der Waals surface area contributed by atoms with Gasteiger partial charge in [0.15, 0.2) is 0 Å². The van der Waals surface area contributed by atoms with Gasteiger partial charge in [0.1, 0.15) is 11.4 Å². The van der Waals surface area contributed by atoms with Crippen molar-refractivity contribution in [2.45, 2.75) is 64.9 Å². The summed E-state index contributed by atoms with van der Waals surface area (Å²) in [6.07, 6.45) is 4.84. The average Bonchev–Trinajstić information content (AvgIpc) is 2.49. The molecule has 0 saturated heterocycles. The maximum Gasteiger partial charge on any atom is 0.412 e. The van der Waals surface area contributed by atoms with Gasteiger partial charge >= 0.3 is 12.1 Å². The van der Waals surface area contributed by atoms with E-state index in [2.05, 4.69) is 5.32 Å². The highest BCUT2D eigenvalue weighted by Crippen LogP contribution is 2.11. The van der Waals surface area contributed by atoms with Gasteiger partial charge in [-0.2, -0.15) is 0 Å². The van der Waals surface area contributed by atoms with Crippen LogP contribution in [0.25, 0.3) is 0 Å². The number of carbonyl (C=O) groups is 2. The molecular formula is C19H29NO4. The highest BCUT2D eigenvalue weighted by Gasteiger charge is 2.15. The molecule has 1 aromatic carbocycles. The Labute approximate surface area is 144 Å². The van der Waals surface area contributed by atoms with Crippen molar-refractivity contribution in [1.29, 1.82) is 0 Å². The van der Waals surface area contributed by atoms with Gasteiger partial charge in [0, 0.05) is 13.0 Å². The Kier molecular flexibility index (Phi) is 8.90. The molecule has 0 aliphatic rings. The number of para-hydroxylation sites is 1. The Morgan fingerprint density at radius 2 is 1.58 bits per heavy atom. The number of nitrogens with one attached hydrogen (secondary N) is 1. The van der Waals surface area contributed by atoms with Crippen LogP contribution in [0.2, 0.25) is 0 Å². The molecule has 0 radical (unpaired) electrons. The maximum absolute atomic E-state index is 11.6. The molecule has 134 valence electrons. The molecule has 1 amide bonds. The summed E-state index contributed by atoms with van der Waals surface area (Å²) in [6.45, 7) is 6.22. The molecule has 0 bridgehead atoms. The van der Waals surface area contributed by atoms with Crippen LogP contribution in [-0.4, -0.2) is 24.2 Å². The first-order chi connectivity index (χ1) is 11.4. The number of carbonyl (C=O) groups excluding carboxylic acids is 2. The highest BCUT2D eigenvalue weighted by atomic mass is 16.6. The minimum atomic E-state index is -0.425. The summed E-state index contributed by atoms with van der Waals surface area (Å²) in [6, 6.07) is 8.99. The molecule has 5 heteroatoms. The van der Waals surface area contributed by atoms with E-state index < -0.39 is 11.7 Å². The summed E-state index contributed by atoms with van der Waals surface area (Å²) in [5.41, 5.74) is -0.406. The van der Waals surface area contributed by atoms with Crippen LogP contribution in [0.15, 0.2) is 30.3 Å². The standard InChI is InChI=1S/C19H29NO4/c1-19(2,3)24-17(21)14-10-5-4-6-11-15-20-18(22)23-16-12-8-7-9-13-16/h7-9,12-13H,4-6,10-11,14-15H2,1-3H3,(H,20,22). The quantitative estimate of drug-likeness (QED) is 0.534. The second-order valence-corrected chi connectivity index (χ2v) is 6.73. The number of benzene rings is 1. The first-order valence-electron chi connectivity index (χ1n) is 8.59. The van der Waals surface area contributed by atoms with E-state index in [0.717, 1.165) is 32.1 Å². The normalized spacial score (nSPS) is 11.0. The van der Waals surface area contributed by atoms with E-state index in [1.54, 1.807) is 12.1 Å². The maximum atomic E-state index is 11.6.